The smallest absolute Gasteiger partial charge is 0.165 e. The van der Waals surface area contributed by atoms with Crippen LogP contribution in [0.5, 0.6) is 11.5 Å². The number of hydrogen-bond acceptors (Lipinski definition) is 4. The summed E-state index contributed by atoms with van der Waals surface area (Å²) in [5, 5.41) is 3.50. The lowest BCUT2D eigenvalue weighted by Crippen LogP contribution is -2.33. The number of ether oxygens (including phenoxy) is 2. The van der Waals surface area contributed by atoms with Gasteiger partial charge >= 0.3 is 0 Å². The van der Waals surface area contributed by atoms with E-state index in [0.29, 0.717) is 0 Å². The Morgan fingerprint density at radius 3 is 2.48 bits per heavy atom. The molecule has 2 aromatic rings. The molecule has 1 unspecified atom stereocenters. The van der Waals surface area contributed by atoms with Gasteiger partial charge in [-0.25, -0.2) is 0 Å². The van der Waals surface area contributed by atoms with Crippen LogP contribution in [-0.4, -0.2) is 45.3 Å². The fourth-order valence-corrected chi connectivity index (χ4v) is 3.59. The second kappa shape index (κ2) is 8.37. The first kappa shape index (κ1) is 17.8. The maximum absolute atomic E-state index is 5.75. The minimum Gasteiger partial charge on any atom is -0.493 e. The number of para-hydroxylation sites is 1. The van der Waals surface area contributed by atoms with Crippen molar-refractivity contribution in [1.82, 2.24) is 10.2 Å². The van der Waals surface area contributed by atoms with Gasteiger partial charge in [0.15, 0.2) is 11.5 Å². The summed E-state index contributed by atoms with van der Waals surface area (Å²) < 4.78 is 11.3. The predicted octanol–water partition coefficient (Wildman–Crippen LogP) is 3.40. The molecule has 25 heavy (non-hydrogen) atoms. The van der Waals surface area contributed by atoms with E-state index in [2.05, 4.69) is 47.5 Å². The first-order valence-electron chi connectivity index (χ1n) is 8.97. The lowest BCUT2D eigenvalue weighted by atomic mass is 9.94. The number of aryl methyl sites for hydroxylation is 1. The molecule has 1 N–H and O–H groups in total. The van der Waals surface area contributed by atoms with Gasteiger partial charge in [0.1, 0.15) is 0 Å². The van der Waals surface area contributed by atoms with Gasteiger partial charge in [-0.3, -0.25) is 4.90 Å². The highest BCUT2D eigenvalue weighted by Crippen LogP contribution is 2.40. The average molecular weight is 340 g/mol. The van der Waals surface area contributed by atoms with E-state index >= 15 is 0 Å². The van der Waals surface area contributed by atoms with Crippen molar-refractivity contribution in [1.29, 1.82) is 0 Å². The molecule has 0 aliphatic carbocycles. The van der Waals surface area contributed by atoms with Crippen LogP contribution in [0.1, 0.15) is 29.2 Å². The number of nitrogens with zero attached hydrogens (tertiary/aromatic N) is 1. The Morgan fingerprint density at radius 2 is 1.76 bits per heavy atom. The Bertz CT molecular complexity index is 677. The highest BCUT2D eigenvalue weighted by molar-refractivity contribution is 5.51. The molecule has 4 heteroatoms. The number of hydrogen-bond donors (Lipinski definition) is 1. The van der Waals surface area contributed by atoms with Gasteiger partial charge in [0.05, 0.1) is 20.3 Å². The zero-order valence-electron chi connectivity index (χ0n) is 15.4. The minimum absolute atomic E-state index is 0.158. The molecule has 1 saturated heterocycles. The number of nitrogens with one attached hydrogen (secondary N) is 1. The molecule has 1 aliphatic heterocycles. The summed E-state index contributed by atoms with van der Waals surface area (Å²) in [7, 11) is 3.41. The molecule has 0 radical (unpaired) electrons. The van der Waals surface area contributed by atoms with Crippen molar-refractivity contribution < 1.29 is 9.47 Å². The van der Waals surface area contributed by atoms with Gasteiger partial charge in [-0.05, 0) is 31.5 Å². The van der Waals surface area contributed by atoms with Crippen molar-refractivity contribution in [2.75, 3.05) is 40.4 Å². The largest absolute Gasteiger partial charge is 0.493 e. The SMILES string of the molecule is COc1cccc(C(c2ccc(C)cc2)N2CCCNCC2)c1OC. The molecule has 1 heterocycles. The van der Waals surface area contributed by atoms with Crippen molar-refractivity contribution in [3.8, 4) is 11.5 Å². The van der Waals surface area contributed by atoms with Gasteiger partial charge in [0.2, 0.25) is 0 Å². The van der Waals surface area contributed by atoms with Gasteiger partial charge in [0, 0.05) is 25.2 Å². The lowest BCUT2D eigenvalue weighted by Gasteiger charge is -2.32. The molecule has 1 fully saturated rings. The Hall–Kier alpha value is -2.04. The van der Waals surface area contributed by atoms with Crippen LogP contribution in [0.2, 0.25) is 0 Å². The second-order valence-electron chi connectivity index (χ2n) is 6.54. The van der Waals surface area contributed by atoms with E-state index in [1.165, 1.54) is 11.1 Å². The van der Waals surface area contributed by atoms with Crippen molar-refractivity contribution in [2.24, 2.45) is 0 Å². The van der Waals surface area contributed by atoms with Crippen LogP contribution < -0.4 is 14.8 Å². The molecule has 4 nitrogen and oxygen atoms in total. The molecule has 0 saturated carbocycles. The number of benzene rings is 2. The van der Waals surface area contributed by atoms with Crippen molar-refractivity contribution in [3.05, 3.63) is 59.2 Å². The Kier molecular flexibility index (Phi) is 5.95. The molecule has 3 rings (SSSR count). The van der Waals surface area contributed by atoms with Crippen molar-refractivity contribution in [3.63, 3.8) is 0 Å². The van der Waals surface area contributed by atoms with Crippen molar-refractivity contribution >= 4 is 0 Å². The summed E-state index contributed by atoms with van der Waals surface area (Å²) in [5.41, 5.74) is 3.73. The van der Waals surface area contributed by atoms with E-state index in [9.17, 15) is 0 Å². The predicted molar refractivity (Wildman–Crippen MR) is 102 cm³/mol. The van der Waals surface area contributed by atoms with Gasteiger partial charge < -0.3 is 14.8 Å². The van der Waals surface area contributed by atoms with Crippen LogP contribution in [0, 0.1) is 6.92 Å². The Labute approximate surface area is 150 Å². The van der Waals surface area contributed by atoms with Crippen LogP contribution in [0.15, 0.2) is 42.5 Å². The first-order valence-corrected chi connectivity index (χ1v) is 8.97. The van der Waals surface area contributed by atoms with E-state index in [0.717, 1.165) is 49.7 Å². The summed E-state index contributed by atoms with van der Waals surface area (Å²) in [6, 6.07) is 15.2. The molecule has 1 aliphatic rings. The highest BCUT2D eigenvalue weighted by atomic mass is 16.5. The zero-order chi connectivity index (χ0) is 17.6. The third-order valence-electron chi connectivity index (χ3n) is 4.86. The van der Waals surface area contributed by atoms with Crippen LogP contribution in [0.4, 0.5) is 0 Å². The third kappa shape index (κ3) is 3.97. The molecule has 0 bridgehead atoms. The standard InChI is InChI=1S/C21H28N2O2/c1-16-8-10-17(11-9-16)20(23-14-5-12-22-13-15-23)18-6-4-7-19(24-2)21(18)25-3/h4,6-11,20,22H,5,12-15H2,1-3H3. The zero-order valence-corrected chi connectivity index (χ0v) is 15.4. The van der Waals surface area contributed by atoms with E-state index in [1.54, 1.807) is 14.2 Å². The fraction of sp³-hybridized carbons (Fsp3) is 0.429. The molecule has 0 amide bonds. The first-order chi connectivity index (χ1) is 12.2. The van der Waals surface area contributed by atoms with Crippen molar-refractivity contribution in [2.45, 2.75) is 19.4 Å². The van der Waals surface area contributed by atoms with Gasteiger partial charge in [-0.1, -0.05) is 42.0 Å². The third-order valence-corrected chi connectivity index (χ3v) is 4.86. The molecular formula is C21H28N2O2. The summed E-state index contributed by atoms with van der Waals surface area (Å²) in [6.45, 7) is 6.28. The molecular weight excluding hydrogens is 312 g/mol. The molecule has 0 spiro atoms. The van der Waals surface area contributed by atoms with E-state index in [1.807, 2.05) is 12.1 Å². The van der Waals surface area contributed by atoms with E-state index in [-0.39, 0.29) is 6.04 Å². The number of rotatable bonds is 5. The highest BCUT2D eigenvalue weighted by Gasteiger charge is 2.27. The molecule has 0 aromatic heterocycles. The van der Waals surface area contributed by atoms with Crippen LogP contribution in [0.3, 0.4) is 0 Å². The normalized spacial score (nSPS) is 16.9. The van der Waals surface area contributed by atoms with Crippen LogP contribution >= 0.6 is 0 Å². The van der Waals surface area contributed by atoms with E-state index in [4.69, 9.17) is 9.47 Å². The summed E-state index contributed by atoms with van der Waals surface area (Å²) in [6.07, 6.45) is 1.15. The molecule has 1 atom stereocenters. The molecule has 2 aromatic carbocycles. The van der Waals surface area contributed by atoms with Crippen LogP contribution in [-0.2, 0) is 0 Å². The lowest BCUT2D eigenvalue weighted by molar-refractivity contribution is 0.234. The number of methoxy groups -OCH3 is 2. The molecule has 134 valence electrons. The van der Waals surface area contributed by atoms with Crippen LogP contribution in [0.25, 0.3) is 0 Å². The van der Waals surface area contributed by atoms with Gasteiger partial charge in [0.25, 0.3) is 0 Å². The quantitative estimate of drug-likeness (QED) is 0.904. The maximum Gasteiger partial charge on any atom is 0.165 e. The topological polar surface area (TPSA) is 33.7 Å². The average Bonchev–Trinajstić information content (AvgIpc) is 2.92. The summed E-state index contributed by atoms with van der Waals surface area (Å²) >= 11 is 0. The summed E-state index contributed by atoms with van der Waals surface area (Å²) in [4.78, 5) is 2.54. The second-order valence-corrected chi connectivity index (χ2v) is 6.54. The van der Waals surface area contributed by atoms with Gasteiger partial charge in [-0.15, -0.1) is 0 Å². The Morgan fingerprint density at radius 1 is 0.960 bits per heavy atom. The monoisotopic (exact) mass is 340 g/mol. The van der Waals surface area contributed by atoms with Gasteiger partial charge in [-0.2, -0.15) is 0 Å². The van der Waals surface area contributed by atoms with E-state index < -0.39 is 0 Å². The maximum atomic E-state index is 5.75. The minimum atomic E-state index is 0.158. The summed E-state index contributed by atoms with van der Waals surface area (Å²) in [5.74, 6) is 1.61. The fourth-order valence-electron chi connectivity index (χ4n) is 3.59. The Balaban J connectivity index is 2.09.